The van der Waals surface area contributed by atoms with E-state index in [0.29, 0.717) is 0 Å². The van der Waals surface area contributed by atoms with Gasteiger partial charge in [0.05, 0.1) is 21.2 Å². The van der Waals surface area contributed by atoms with Crippen LogP contribution in [-0.4, -0.2) is 49.6 Å². The van der Waals surface area contributed by atoms with E-state index in [1.165, 1.54) is 24.3 Å². The van der Waals surface area contributed by atoms with E-state index in [1.807, 2.05) is 0 Å². The van der Waals surface area contributed by atoms with Crippen molar-refractivity contribution in [3.05, 3.63) is 72.8 Å². The van der Waals surface area contributed by atoms with E-state index in [2.05, 4.69) is 0 Å². The monoisotopic (exact) mass is 562 g/mol. The Kier molecular flexibility index (Phi) is 8.26. The zero-order chi connectivity index (χ0) is 25.3. The number of nitrogens with zero attached hydrogens (tertiary/aromatic N) is 2. The summed E-state index contributed by atoms with van der Waals surface area (Å²) in [7, 11) is -9.05. The van der Waals surface area contributed by atoms with E-state index in [4.69, 9.17) is 0 Å². The molecule has 0 aliphatic carbocycles. The molecule has 0 fully saturated rings. The van der Waals surface area contributed by atoms with Crippen molar-refractivity contribution in [1.29, 1.82) is 0 Å². The van der Waals surface area contributed by atoms with Gasteiger partial charge in [0.1, 0.15) is 20.2 Å². The molecular weight excluding hydrogens is 551 g/mol. The molecule has 12 nitrogen and oxygen atoms in total. The van der Waals surface area contributed by atoms with Crippen LogP contribution < -0.4 is 9.80 Å². The minimum Gasteiger partial charge on any atom is -0.744 e. The second-order valence-electron chi connectivity index (χ2n) is 6.59. The van der Waals surface area contributed by atoms with Gasteiger partial charge in [0.2, 0.25) is 0 Å². The predicted octanol–water partition coefficient (Wildman–Crippen LogP) is 0.0377. The normalized spacial score (nSPS) is 15.3. The van der Waals surface area contributed by atoms with Crippen molar-refractivity contribution in [1.82, 2.24) is 0 Å². The number of imide groups is 2. The molecule has 2 aliphatic heterocycles. The second kappa shape index (κ2) is 10.4. The van der Waals surface area contributed by atoms with Crippen molar-refractivity contribution in [3.8, 4) is 0 Å². The summed E-state index contributed by atoms with van der Waals surface area (Å²) in [5.41, 5.74) is 0.440. The van der Waals surface area contributed by atoms with Gasteiger partial charge in [0.25, 0.3) is 23.6 Å². The predicted molar refractivity (Wildman–Crippen MR) is 112 cm³/mol. The summed E-state index contributed by atoms with van der Waals surface area (Å²) >= 11 is 0. The number of rotatable bonds is 4. The van der Waals surface area contributed by atoms with Gasteiger partial charge in [-0.05, 0) is 48.5 Å². The molecule has 2 aromatic rings. The summed E-state index contributed by atoms with van der Waals surface area (Å²) < 4.78 is 64.1. The number of anilines is 2. The van der Waals surface area contributed by atoms with Gasteiger partial charge in [-0.15, -0.1) is 0 Å². The van der Waals surface area contributed by atoms with Gasteiger partial charge in [0.15, 0.2) is 0 Å². The van der Waals surface area contributed by atoms with Crippen molar-refractivity contribution in [3.63, 3.8) is 0 Å². The van der Waals surface area contributed by atoms with Crippen molar-refractivity contribution >= 4 is 55.2 Å². The Bertz CT molecular complexity index is 1310. The van der Waals surface area contributed by atoms with E-state index in [0.717, 1.165) is 58.4 Å². The van der Waals surface area contributed by atoms with Gasteiger partial charge in [-0.2, -0.15) is 0 Å². The number of hydrogen-bond donors (Lipinski definition) is 0. The number of carbonyl (C=O) groups is 4. The van der Waals surface area contributed by atoms with Crippen LogP contribution in [0.15, 0.2) is 82.6 Å². The van der Waals surface area contributed by atoms with E-state index >= 15 is 0 Å². The Hall–Kier alpha value is -3.49. The summed E-state index contributed by atoms with van der Waals surface area (Å²) in [6.45, 7) is 0. The number of amides is 4. The third kappa shape index (κ3) is 6.35. The molecule has 15 heteroatoms. The second-order valence-corrected chi connectivity index (χ2v) is 9.35. The Morgan fingerprint density at radius 2 is 0.714 bits per heavy atom. The number of benzene rings is 2. The van der Waals surface area contributed by atoms with Gasteiger partial charge in [0, 0.05) is 24.3 Å². The Morgan fingerprint density at radius 3 is 0.914 bits per heavy atom. The van der Waals surface area contributed by atoms with Crippen molar-refractivity contribution in [2.75, 3.05) is 9.80 Å². The molecule has 0 saturated heterocycles. The van der Waals surface area contributed by atoms with Crippen LogP contribution in [0.4, 0.5) is 11.4 Å². The zero-order valence-corrected chi connectivity index (χ0v) is 19.7. The first-order chi connectivity index (χ1) is 15.8. The molecular formula is C20H12N2NiO10S2. The van der Waals surface area contributed by atoms with E-state index in [1.54, 1.807) is 0 Å². The van der Waals surface area contributed by atoms with E-state index in [9.17, 15) is 45.1 Å². The average molecular weight is 563 g/mol. The summed E-state index contributed by atoms with van der Waals surface area (Å²) in [6.07, 6.45) is 4.45. The van der Waals surface area contributed by atoms with Gasteiger partial charge in [-0.3, -0.25) is 19.2 Å². The molecule has 0 saturated carbocycles. The summed E-state index contributed by atoms with van der Waals surface area (Å²) in [4.78, 5) is 46.2. The van der Waals surface area contributed by atoms with Crippen LogP contribution in [0.2, 0.25) is 0 Å². The van der Waals surface area contributed by atoms with Gasteiger partial charge >= 0.3 is 16.5 Å². The van der Waals surface area contributed by atoms with Crippen LogP contribution in [0.1, 0.15) is 0 Å². The number of hydrogen-bond acceptors (Lipinski definition) is 10. The molecule has 4 rings (SSSR count). The quantitative estimate of drug-likeness (QED) is 0.279. The summed E-state index contributed by atoms with van der Waals surface area (Å²) in [5.74, 6) is -2.03. The zero-order valence-electron chi connectivity index (χ0n) is 17.0. The molecule has 0 spiro atoms. The van der Waals surface area contributed by atoms with Crippen molar-refractivity contribution in [2.45, 2.75) is 9.79 Å². The maximum absolute atomic E-state index is 11.3. The minimum absolute atomic E-state index is 0. The fraction of sp³-hybridized carbons (Fsp3) is 0. The standard InChI is InChI=1S/2C10H7NO5S.Ni/c2*12-9-5-6-10(13)11(9)7-1-3-8(4-2-7)17(14,15)16;/h2*1-6H,(H,14,15,16);/q;;+2/p-2. The van der Waals surface area contributed by atoms with Gasteiger partial charge in [-0.25, -0.2) is 26.6 Å². The van der Waals surface area contributed by atoms with Crippen molar-refractivity contribution in [2.24, 2.45) is 0 Å². The van der Waals surface area contributed by atoms with Crippen LogP contribution in [0.3, 0.4) is 0 Å². The molecule has 2 aromatic carbocycles. The van der Waals surface area contributed by atoms with E-state index in [-0.39, 0.29) is 27.9 Å². The topological polar surface area (TPSA) is 189 Å². The van der Waals surface area contributed by atoms with Crippen LogP contribution in [0, 0.1) is 0 Å². The maximum Gasteiger partial charge on any atom is 2.00 e. The molecule has 35 heavy (non-hydrogen) atoms. The Labute approximate surface area is 208 Å². The largest absolute Gasteiger partial charge is 2.00 e. The Morgan fingerprint density at radius 1 is 0.486 bits per heavy atom. The summed E-state index contributed by atoms with van der Waals surface area (Å²) in [5, 5.41) is 0. The van der Waals surface area contributed by atoms with Crippen LogP contribution in [0.25, 0.3) is 0 Å². The fourth-order valence-electron chi connectivity index (χ4n) is 2.83. The van der Waals surface area contributed by atoms with Crippen LogP contribution >= 0.6 is 0 Å². The van der Waals surface area contributed by atoms with Crippen LogP contribution in [0.5, 0.6) is 0 Å². The Balaban J connectivity index is 0.000000240. The molecule has 2 aliphatic rings. The van der Waals surface area contributed by atoms with Gasteiger partial charge in [-0.1, -0.05) is 0 Å². The maximum atomic E-state index is 11.3. The summed E-state index contributed by atoms with van der Waals surface area (Å²) in [6, 6.07) is 9.13. The molecule has 0 atom stereocenters. The number of carbonyl (C=O) groups excluding carboxylic acids is 4. The minimum atomic E-state index is -4.52. The molecule has 0 aromatic heterocycles. The average Bonchev–Trinajstić information content (AvgIpc) is 3.27. The molecule has 0 N–H and O–H groups in total. The molecule has 4 amide bonds. The third-order valence-corrected chi connectivity index (χ3v) is 6.08. The molecule has 0 bridgehead atoms. The molecule has 0 unspecified atom stereocenters. The van der Waals surface area contributed by atoms with E-state index < -0.39 is 53.7 Å². The first-order valence-electron chi connectivity index (χ1n) is 9.03. The van der Waals surface area contributed by atoms with Crippen molar-refractivity contribution < 1.29 is 61.6 Å². The fourth-order valence-corrected chi connectivity index (χ4v) is 3.77. The first kappa shape index (κ1) is 27.8. The molecule has 2 heterocycles. The molecule has 184 valence electrons. The van der Waals surface area contributed by atoms with Crippen LogP contribution in [-0.2, 0) is 55.9 Å². The third-order valence-electron chi connectivity index (χ3n) is 4.39. The first-order valence-corrected chi connectivity index (χ1v) is 11.8. The van der Waals surface area contributed by atoms with Gasteiger partial charge < -0.3 is 9.11 Å². The SMILES string of the molecule is O=C1C=CC(=O)N1c1ccc(S(=O)(=O)[O-])cc1.O=C1C=CC(=O)N1c1ccc(S(=O)(=O)[O-])cc1.[Ni+2]. The smallest absolute Gasteiger partial charge is 0.744 e. The molecule has 0 radical (unpaired) electrons.